The number of hydrogen-bond acceptors (Lipinski definition) is 5. The SMILES string of the molecule is COc1ccc(CN2CCNC(=O)[C@@H]2CC(=O)NCCCO)cc1C. The van der Waals surface area contributed by atoms with Crippen LogP contribution in [0, 0.1) is 6.92 Å². The van der Waals surface area contributed by atoms with E-state index in [1.165, 1.54) is 0 Å². The number of aliphatic hydroxyl groups is 1. The molecule has 0 spiro atoms. The summed E-state index contributed by atoms with van der Waals surface area (Å²) in [6.07, 6.45) is 0.629. The molecular formula is C18H27N3O4. The van der Waals surface area contributed by atoms with Crippen LogP contribution in [0.3, 0.4) is 0 Å². The van der Waals surface area contributed by atoms with E-state index in [0.29, 0.717) is 32.6 Å². The third kappa shape index (κ3) is 5.44. The minimum atomic E-state index is -0.481. The van der Waals surface area contributed by atoms with Crippen LogP contribution in [0.2, 0.25) is 0 Å². The van der Waals surface area contributed by atoms with E-state index in [-0.39, 0.29) is 24.8 Å². The van der Waals surface area contributed by atoms with Gasteiger partial charge in [-0.3, -0.25) is 14.5 Å². The maximum atomic E-state index is 12.2. The van der Waals surface area contributed by atoms with E-state index >= 15 is 0 Å². The number of methoxy groups -OCH3 is 1. The fraction of sp³-hybridized carbons (Fsp3) is 0.556. The molecule has 0 saturated carbocycles. The highest BCUT2D eigenvalue weighted by atomic mass is 16.5. The maximum absolute atomic E-state index is 12.2. The van der Waals surface area contributed by atoms with Gasteiger partial charge in [-0.15, -0.1) is 0 Å². The largest absolute Gasteiger partial charge is 0.496 e. The lowest BCUT2D eigenvalue weighted by Gasteiger charge is -2.34. The van der Waals surface area contributed by atoms with Gasteiger partial charge in [0.15, 0.2) is 0 Å². The zero-order valence-corrected chi connectivity index (χ0v) is 14.9. The van der Waals surface area contributed by atoms with Crippen LogP contribution in [0.25, 0.3) is 0 Å². The summed E-state index contributed by atoms with van der Waals surface area (Å²) in [6.45, 7) is 4.32. The molecule has 1 aliphatic rings. The van der Waals surface area contributed by atoms with Crippen molar-refractivity contribution in [2.45, 2.75) is 32.4 Å². The molecule has 0 aliphatic carbocycles. The van der Waals surface area contributed by atoms with Gasteiger partial charge < -0.3 is 20.5 Å². The molecule has 1 fully saturated rings. The first-order valence-corrected chi connectivity index (χ1v) is 8.58. The van der Waals surface area contributed by atoms with Gasteiger partial charge in [-0.25, -0.2) is 0 Å². The van der Waals surface area contributed by atoms with E-state index in [9.17, 15) is 9.59 Å². The molecule has 0 radical (unpaired) electrons. The summed E-state index contributed by atoms with van der Waals surface area (Å²) in [5, 5.41) is 14.3. The van der Waals surface area contributed by atoms with Gasteiger partial charge in [0.2, 0.25) is 11.8 Å². The monoisotopic (exact) mass is 349 g/mol. The van der Waals surface area contributed by atoms with E-state index < -0.39 is 6.04 Å². The average Bonchev–Trinajstić information content (AvgIpc) is 2.58. The van der Waals surface area contributed by atoms with Gasteiger partial charge in [-0.2, -0.15) is 0 Å². The number of rotatable bonds is 8. The minimum Gasteiger partial charge on any atom is -0.496 e. The summed E-state index contributed by atoms with van der Waals surface area (Å²) in [5.41, 5.74) is 2.12. The first-order chi connectivity index (χ1) is 12.0. The third-order valence-corrected chi connectivity index (χ3v) is 4.32. The Hall–Kier alpha value is -2.12. The molecular weight excluding hydrogens is 322 g/mol. The van der Waals surface area contributed by atoms with Crippen molar-refractivity contribution in [3.8, 4) is 5.75 Å². The molecule has 3 N–H and O–H groups in total. The number of carbonyl (C=O) groups is 2. The van der Waals surface area contributed by atoms with Gasteiger partial charge in [0.25, 0.3) is 0 Å². The smallest absolute Gasteiger partial charge is 0.237 e. The lowest BCUT2D eigenvalue weighted by molar-refractivity contribution is -0.134. The molecule has 1 aromatic rings. The topological polar surface area (TPSA) is 90.9 Å². The molecule has 25 heavy (non-hydrogen) atoms. The van der Waals surface area contributed by atoms with Gasteiger partial charge in [-0.1, -0.05) is 12.1 Å². The fourth-order valence-corrected chi connectivity index (χ4v) is 3.00. The van der Waals surface area contributed by atoms with Crippen LogP contribution in [0.1, 0.15) is 24.0 Å². The van der Waals surface area contributed by atoms with E-state index in [1.54, 1.807) is 7.11 Å². The van der Waals surface area contributed by atoms with Crippen LogP contribution in [0.15, 0.2) is 18.2 Å². The van der Waals surface area contributed by atoms with Crippen LogP contribution in [0.5, 0.6) is 5.75 Å². The van der Waals surface area contributed by atoms with Crippen molar-refractivity contribution >= 4 is 11.8 Å². The highest BCUT2D eigenvalue weighted by Gasteiger charge is 2.31. The Morgan fingerprint density at radius 1 is 1.48 bits per heavy atom. The molecule has 7 heteroatoms. The number of nitrogens with zero attached hydrogens (tertiary/aromatic N) is 1. The quantitative estimate of drug-likeness (QED) is 0.583. The highest BCUT2D eigenvalue weighted by molar-refractivity contribution is 5.88. The van der Waals surface area contributed by atoms with E-state index in [0.717, 1.165) is 16.9 Å². The molecule has 0 bridgehead atoms. The second-order valence-corrected chi connectivity index (χ2v) is 6.21. The number of benzene rings is 1. The zero-order valence-electron chi connectivity index (χ0n) is 14.9. The number of piperazine rings is 1. The summed E-state index contributed by atoms with van der Waals surface area (Å²) in [6, 6.07) is 5.47. The maximum Gasteiger partial charge on any atom is 0.237 e. The highest BCUT2D eigenvalue weighted by Crippen LogP contribution is 2.21. The third-order valence-electron chi connectivity index (χ3n) is 4.32. The van der Waals surface area contributed by atoms with Crippen molar-refractivity contribution in [1.82, 2.24) is 15.5 Å². The zero-order chi connectivity index (χ0) is 18.2. The molecule has 1 aliphatic heterocycles. The fourth-order valence-electron chi connectivity index (χ4n) is 3.00. The molecule has 138 valence electrons. The number of amides is 2. The van der Waals surface area contributed by atoms with Crippen molar-refractivity contribution in [1.29, 1.82) is 0 Å². The molecule has 1 saturated heterocycles. The molecule has 1 heterocycles. The lowest BCUT2D eigenvalue weighted by Crippen LogP contribution is -2.56. The molecule has 1 aromatic carbocycles. The average molecular weight is 349 g/mol. The van der Waals surface area contributed by atoms with Gasteiger partial charge >= 0.3 is 0 Å². The Bertz CT molecular complexity index is 606. The number of hydrogen-bond donors (Lipinski definition) is 3. The molecule has 0 aromatic heterocycles. The van der Waals surface area contributed by atoms with Crippen LogP contribution in [-0.4, -0.2) is 61.2 Å². The second-order valence-electron chi connectivity index (χ2n) is 6.21. The van der Waals surface area contributed by atoms with Crippen LogP contribution in [0.4, 0.5) is 0 Å². The number of ether oxygens (including phenoxy) is 1. The Labute approximate surface area is 148 Å². The number of aliphatic hydroxyl groups excluding tert-OH is 1. The summed E-state index contributed by atoms with van der Waals surface area (Å²) in [4.78, 5) is 26.3. The van der Waals surface area contributed by atoms with Gasteiger partial charge in [0.05, 0.1) is 19.6 Å². The second kappa shape index (κ2) is 9.39. The van der Waals surface area contributed by atoms with Crippen molar-refractivity contribution < 1.29 is 19.4 Å². The predicted octanol–water partition coefficient (Wildman–Crippen LogP) is 0.193. The number of nitrogens with one attached hydrogen (secondary N) is 2. The first-order valence-electron chi connectivity index (χ1n) is 8.58. The van der Waals surface area contributed by atoms with E-state index in [4.69, 9.17) is 9.84 Å². The molecule has 2 amide bonds. The van der Waals surface area contributed by atoms with Crippen LogP contribution in [-0.2, 0) is 16.1 Å². The number of carbonyl (C=O) groups excluding carboxylic acids is 2. The summed E-state index contributed by atoms with van der Waals surface area (Å²) in [5.74, 6) is 0.542. The van der Waals surface area contributed by atoms with Gasteiger partial charge in [0.1, 0.15) is 5.75 Å². The molecule has 7 nitrogen and oxygen atoms in total. The Balaban J connectivity index is 2.02. The first kappa shape index (κ1) is 19.2. The normalized spacial score (nSPS) is 17.9. The van der Waals surface area contributed by atoms with Crippen molar-refractivity contribution in [3.63, 3.8) is 0 Å². The Morgan fingerprint density at radius 2 is 2.28 bits per heavy atom. The van der Waals surface area contributed by atoms with Crippen molar-refractivity contribution in [2.24, 2.45) is 0 Å². The lowest BCUT2D eigenvalue weighted by atomic mass is 10.1. The molecule has 1 atom stereocenters. The minimum absolute atomic E-state index is 0.0349. The summed E-state index contributed by atoms with van der Waals surface area (Å²) >= 11 is 0. The van der Waals surface area contributed by atoms with E-state index in [2.05, 4.69) is 10.6 Å². The summed E-state index contributed by atoms with van der Waals surface area (Å²) in [7, 11) is 1.64. The van der Waals surface area contributed by atoms with Gasteiger partial charge in [0, 0.05) is 32.8 Å². The van der Waals surface area contributed by atoms with Crippen molar-refractivity contribution in [2.75, 3.05) is 33.4 Å². The standard InChI is InChI=1S/C18H27N3O4/c1-13-10-14(4-5-16(13)25-2)12-21-8-7-20-18(24)15(21)11-17(23)19-6-3-9-22/h4-5,10,15,22H,3,6-9,11-12H2,1-2H3,(H,19,23)(H,20,24)/t15-/m0/s1. The predicted molar refractivity (Wildman–Crippen MR) is 94.3 cm³/mol. The Kier molecular flexibility index (Phi) is 7.21. The Morgan fingerprint density at radius 3 is 2.96 bits per heavy atom. The van der Waals surface area contributed by atoms with Crippen LogP contribution >= 0.6 is 0 Å². The molecule has 0 unspecified atom stereocenters. The van der Waals surface area contributed by atoms with E-state index in [1.807, 2.05) is 30.0 Å². The van der Waals surface area contributed by atoms with Gasteiger partial charge in [-0.05, 0) is 30.5 Å². The number of aryl methyl sites for hydroxylation is 1. The van der Waals surface area contributed by atoms with Crippen LogP contribution < -0.4 is 15.4 Å². The van der Waals surface area contributed by atoms with Crippen molar-refractivity contribution in [3.05, 3.63) is 29.3 Å². The molecule has 2 rings (SSSR count). The summed E-state index contributed by atoms with van der Waals surface area (Å²) < 4.78 is 5.28.